The van der Waals surface area contributed by atoms with Gasteiger partial charge in [0.1, 0.15) is 17.4 Å². The lowest BCUT2D eigenvalue weighted by molar-refractivity contribution is -0.139. The molecular weight excluding hydrogens is 212 g/mol. The summed E-state index contributed by atoms with van der Waals surface area (Å²) in [4.78, 5) is 10.9. The van der Waals surface area contributed by atoms with E-state index in [0.717, 1.165) is 0 Å². The van der Waals surface area contributed by atoms with Gasteiger partial charge in [-0.05, 0) is 17.7 Å². The molecule has 2 N–H and O–H groups in total. The predicted octanol–water partition coefficient (Wildman–Crippen LogP) is 0.864. The molecular formula is C11H14O5. The number of aliphatic hydroxyl groups is 1. The van der Waals surface area contributed by atoms with Gasteiger partial charge in [-0.2, -0.15) is 0 Å². The van der Waals surface area contributed by atoms with Gasteiger partial charge in [0.05, 0.1) is 20.8 Å². The Bertz CT molecular complexity index is 352. The van der Waals surface area contributed by atoms with Gasteiger partial charge in [0.2, 0.25) is 0 Å². The minimum atomic E-state index is -1.09. The molecule has 5 nitrogen and oxygen atoms in total. The zero-order valence-corrected chi connectivity index (χ0v) is 9.14. The molecule has 0 unspecified atom stereocenters. The van der Waals surface area contributed by atoms with Crippen LogP contribution in [-0.2, 0) is 4.79 Å². The van der Waals surface area contributed by atoms with Gasteiger partial charge in [0.25, 0.3) is 0 Å². The van der Waals surface area contributed by atoms with Crippen LogP contribution in [0.2, 0.25) is 0 Å². The summed E-state index contributed by atoms with van der Waals surface area (Å²) in [6, 6.07) is 4.77. The Morgan fingerprint density at radius 3 is 2.06 bits per heavy atom. The highest BCUT2D eigenvalue weighted by molar-refractivity contribution is 5.76. The molecule has 5 heteroatoms. The second kappa shape index (κ2) is 5.37. The van der Waals surface area contributed by atoms with Crippen LogP contribution in [0.3, 0.4) is 0 Å². The fraction of sp³-hybridized carbons (Fsp3) is 0.364. The van der Waals surface area contributed by atoms with Gasteiger partial charge in [-0.3, -0.25) is 4.79 Å². The minimum absolute atomic E-state index is 0.450. The Kier molecular flexibility index (Phi) is 4.13. The van der Waals surface area contributed by atoms with Crippen LogP contribution in [0.4, 0.5) is 0 Å². The third kappa shape index (κ3) is 2.64. The Balaban J connectivity index is 3.15. The maximum Gasteiger partial charge on any atom is 0.313 e. The van der Waals surface area contributed by atoms with E-state index in [-0.39, 0.29) is 0 Å². The van der Waals surface area contributed by atoms with Gasteiger partial charge in [-0.1, -0.05) is 0 Å². The molecule has 0 heterocycles. The van der Waals surface area contributed by atoms with Crippen molar-refractivity contribution in [2.24, 2.45) is 0 Å². The first kappa shape index (κ1) is 12.3. The van der Waals surface area contributed by atoms with Crippen molar-refractivity contribution < 1.29 is 24.5 Å². The van der Waals surface area contributed by atoms with Crippen molar-refractivity contribution in [1.29, 1.82) is 0 Å². The Labute approximate surface area is 93.2 Å². The predicted molar refractivity (Wildman–Crippen MR) is 57.0 cm³/mol. The number of carboxylic acids is 1. The van der Waals surface area contributed by atoms with Crippen molar-refractivity contribution in [2.45, 2.75) is 5.92 Å². The Morgan fingerprint density at radius 2 is 1.75 bits per heavy atom. The Hall–Kier alpha value is -1.75. The van der Waals surface area contributed by atoms with Gasteiger partial charge >= 0.3 is 5.97 Å². The molecule has 0 saturated heterocycles. The van der Waals surface area contributed by atoms with Crippen LogP contribution in [0.5, 0.6) is 11.5 Å². The van der Waals surface area contributed by atoms with E-state index in [4.69, 9.17) is 19.7 Å². The van der Waals surface area contributed by atoms with E-state index in [1.807, 2.05) is 0 Å². The summed E-state index contributed by atoms with van der Waals surface area (Å²) < 4.78 is 10.0. The first-order valence-electron chi connectivity index (χ1n) is 4.69. The summed E-state index contributed by atoms with van der Waals surface area (Å²) in [6.07, 6.45) is 0. The summed E-state index contributed by atoms with van der Waals surface area (Å²) in [5.41, 5.74) is 0.450. The fourth-order valence-corrected chi connectivity index (χ4v) is 1.36. The van der Waals surface area contributed by atoms with Crippen LogP contribution in [0, 0.1) is 0 Å². The van der Waals surface area contributed by atoms with Crippen LogP contribution in [0.1, 0.15) is 11.5 Å². The standard InChI is InChI=1S/C11H14O5/c1-15-8-3-7(4-9(5-8)16-2)10(6-12)11(13)14/h3-5,10,12H,6H2,1-2H3,(H,13,14)/t10-/m0/s1. The summed E-state index contributed by atoms with van der Waals surface area (Å²) in [6.45, 7) is -0.467. The highest BCUT2D eigenvalue weighted by Crippen LogP contribution is 2.27. The van der Waals surface area contributed by atoms with Gasteiger partial charge in [-0.15, -0.1) is 0 Å². The first-order chi connectivity index (χ1) is 7.62. The zero-order valence-electron chi connectivity index (χ0n) is 9.14. The molecule has 1 aromatic rings. The van der Waals surface area contributed by atoms with E-state index in [1.165, 1.54) is 14.2 Å². The lowest BCUT2D eigenvalue weighted by atomic mass is 9.99. The lowest BCUT2D eigenvalue weighted by Crippen LogP contribution is -2.15. The number of aliphatic carboxylic acids is 1. The number of carbonyl (C=O) groups is 1. The summed E-state index contributed by atoms with van der Waals surface area (Å²) in [5, 5.41) is 17.9. The largest absolute Gasteiger partial charge is 0.497 e. The second-order valence-electron chi connectivity index (χ2n) is 3.22. The SMILES string of the molecule is COc1cc(OC)cc([C@H](CO)C(=O)O)c1. The zero-order chi connectivity index (χ0) is 12.1. The highest BCUT2D eigenvalue weighted by Gasteiger charge is 2.20. The number of benzene rings is 1. The molecule has 16 heavy (non-hydrogen) atoms. The average molecular weight is 226 g/mol. The maximum absolute atomic E-state index is 10.9. The molecule has 0 aliphatic heterocycles. The van der Waals surface area contributed by atoms with Crippen molar-refractivity contribution >= 4 is 5.97 Å². The Morgan fingerprint density at radius 1 is 1.25 bits per heavy atom. The smallest absolute Gasteiger partial charge is 0.313 e. The quantitative estimate of drug-likeness (QED) is 0.778. The van der Waals surface area contributed by atoms with Crippen molar-refractivity contribution in [3.05, 3.63) is 23.8 Å². The summed E-state index contributed by atoms with van der Waals surface area (Å²) in [5.74, 6) is -1.06. The van der Waals surface area contributed by atoms with Crippen molar-refractivity contribution in [3.8, 4) is 11.5 Å². The lowest BCUT2D eigenvalue weighted by Gasteiger charge is -2.12. The molecule has 0 bridgehead atoms. The molecule has 0 amide bonds. The monoisotopic (exact) mass is 226 g/mol. The molecule has 1 atom stereocenters. The molecule has 0 radical (unpaired) electrons. The first-order valence-corrected chi connectivity index (χ1v) is 4.69. The molecule has 1 aromatic carbocycles. The van der Waals surface area contributed by atoms with Gasteiger partial charge in [0, 0.05) is 6.07 Å². The third-order valence-electron chi connectivity index (χ3n) is 2.26. The fourth-order valence-electron chi connectivity index (χ4n) is 1.36. The number of hydrogen-bond donors (Lipinski definition) is 2. The molecule has 0 fully saturated rings. The summed E-state index contributed by atoms with van der Waals surface area (Å²) >= 11 is 0. The van der Waals surface area contributed by atoms with E-state index in [9.17, 15) is 4.79 Å². The van der Waals surface area contributed by atoms with Crippen molar-refractivity contribution in [2.75, 3.05) is 20.8 Å². The number of hydrogen-bond acceptors (Lipinski definition) is 4. The van der Waals surface area contributed by atoms with Crippen molar-refractivity contribution in [1.82, 2.24) is 0 Å². The van der Waals surface area contributed by atoms with Gasteiger partial charge in [0.15, 0.2) is 0 Å². The van der Waals surface area contributed by atoms with E-state index in [2.05, 4.69) is 0 Å². The van der Waals surface area contributed by atoms with Crippen LogP contribution >= 0.6 is 0 Å². The average Bonchev–Trinajstić information content (AvgIpc) is 2.29. The molecule has 88 valence electrons. The topological polar surface area (TPSA) is 76.0 Å². The van der Waals surface area contributed by atoms with Gasteiger partial charge in [-0.25, -0.2) is 0 Å². The molecule has 1 rings (SSSR count). The van der Waals surface area contributed by atoms with E-state index in [1.54, 1.807) is 18.2 Å². The molecule has 0 spiro atoms. The van der Waals surface area contributed by atoms with Crippen molar-refractivity contribution in [3.63, 3.8) is 0 Å². The number of aliphatic hydroxyl groups excluding tert-OH is 1. The number of carboxylic acid groups (broad SMARTS) is 1. The van der Waals surface area contributed by atoms with E-state index in [0.29, 0.717) is 17.1 Å². The molecule has 0 aromatic heterocycles. The third-order valence-corrected chi connectivity index (χ3v) is 2.26. The van der Waals surface area contributed by atoms with Crippen LogP contribution in [-0.4, -0.2) is 37.0 Å². The summed E-state index contributed by atoms with van der Waals surface area (Å²) in [7, 11) is 2.96. The van der Waals surface area contributed by atoms with Gasteiger partial charge < -0.3 is 19.7 Å². The van der Waals surface area contributed by atoms with E-state index >= 15 is 0 Å². The van der Waals surface area contributed by atoms with E-state index < -0.39 is 18.5 Å². The number of rotatable bonds is 5. The number of ether oxygens (including phenoxy) is 2. The second-order valence-corrected chi connectivity index (χ2v) is 3.22. The highest BCUT2D eigenvalue weighted by atomic mass is 16.5. The maximum atomic E-state index is 10.9. The van der Waals surface area contributed by atoms with Crippen LogP contribution in [0.15, 0.2) is 18.2 Å². The molecule has 0 aliphatic carbocycles. The number of methoxy groups -OCH3 is 2. The minimum Gasteiger partial charge on any atom is -0.497 e. The molecule has 0 aliphatic rings. The normalized spacial score (nSPS) is 11.9. The van der Waals surface area contributed by atoms with Crippen LogP contribution in [0.25, 0.3) is 0 Å². The molecule has 0 saturated carbocycles. The van der Waals surface area contributed by atoms with Crippen LogP contribution < -0.4 is 9.47 Å².